The highest BCUT2D eigenvalue weighted by Gasteiger charge is 2.18. The van der Waals surface area contributed by atoms with Crippen LogP contribution >= 0.6 is 11.6 Å². The molecule has 3 N–H and O–H groups in total. The molecule has 1 heterocycles. The Morgan fingerprint density at radius 1 is 1.67 bits per heavy atom. The molecule has 0 bridgehead atoms. The Morgan fingerprint density at radius 3 is 2.73 bits per heavy atom. The first-order valence-electron chi connectivity index (χ1n) is 3.86. The van der Waals surface area contributed by atoms with Crippen molar-refractivity contribution in [2.45, 2.75) is 12.8 Å². The maximum Gasteiger partial charge on any atom is 0.307 e. The maximum atomic E-state index is 12.4. The van der Waals surface area contributed by atoms with E-state index < -0.39 is 24.5 Å². The number of pyridine rings is 1. The topological polar surface area (TPSA) is 76.2 Å². The number of rotatable bonds is 3. The second kappa shape index (κ2) is 4.39. The number of halogens is 3. The standard InChI is InChI=1S/C8H7ClF2N2O2/c9-4-1-3(2-5(14)15)6(7(10)11)13-8(4)12/h1,7H,2H2,(H2,12,13)(H,14,15). The average molecular weight is 237 g/mol. The SMILES string of the molecule is Nc1nc(C(F)F)c(CC(=O)O)cc1Cl. The van der Waals surface area contributed by atoms with Crippen LogP contribution in [0, 0.1) is 0 Å². The Kier molecular flexibility index (Phi) is 3.41. The summed E-state index contributed by atoms with van der Waals surface area (Å²) in [5.41, 5.74) is 4.47. The molecule has 1 aromatic rings. The molecule has 0 aromatic carbocycles. The van der Waals surface area contributed by atoms with Crippen LogP contribution in [0.25, 0.3) is 0 Å². The largest absolute Gasteiger partial charge is 0.481 e. The number of nitrogens with two attached hydrogens (primary N) is 1. The summed E-state index contributed by atoms with van der Waals surface area (Å²) in [5.74, 6) is -1.47. The van der Waals surface area contributed by atoms with Crippen molar-refractivity contribution in [1.82, 2.24) is 4.98 Å². The van der Waals surface area contributed by atoms with E-state index in [1.54, 1.807) is 0 Å². The lowest BCUT2D eigenvalue weighted by Crippen LogP contribution is -2.08. The van der Waals surface area contributed by atoms with Gasteiger partial charge in [-0.3, -0.25) is 4.79 Å². The highest BCUT2D eigenvalue weighted by Crippen LogP contribution is 2.27. The van der Waals surface area contributed by atoms with Gasteiger partial charge in [0.1, 0.15) is 11.5 Å². The second-order valence-corrected chi connectivity index (χ2v) is 3.18. The van der Waals surface area contributed by atoms with Crippen LogP contribution in [0.15, 0.2) is 6.07 Å². The van der Waals surface area contributed by atoms with Crippen molar-refractivity contribution >= 4 is 23.4 Å². The summed E-state index contributed by atoms with van der Waals surface area (Å²) in [5, 5.41) is 8.45. The molecule has 0 aliphatic carbocycles. The minimum Gasteiger partial charge on any atom is -0.481 e. The molecule has 0 amide bonds. The van der Waals surface area contributed by atoms with Crippen LogP contribution in [-0.4, -0.2) is 16.1 Å². The number of carboxylic acid groups (broad SMARTS) is 1. The van der Waals surface area contributed by atoms with E-state index in [1.807, 2.05) is 0 Å². The molecule has 0 unspecified atom stereocenters. The predicted molar refractivity (Wildman–Crippen MR) is 50.0 cm³/mol. The van der Waals surface area contributed by atoms with E-state index in [2.05, 4.69) is 4.98 Å². The fraction of sp³-hybridized carbons (Fsp3) is 0.250. The summed E-state index contributed by atoms with van der Waals surface area (Å²) in [4.78, 5) is 13.8. The van der Waals surface area contributed by atoms with Crippen molar-refractivity contribution in [3.63, 3.8) is 0 Å². The molecule has 15 heavy (non-hydrogen) atoms. The molecule has 0 fully saturated rings. The Labute approximate surface area is 88.7 Å². The van der Waals surface area contributed by atoms with Crippen LogP contribution < -0.4 is 5.73 Å². The zero-order chi connectivity index (χ0) is 11.6. The van der Waals surface area contributed by atoms with Gasteiger partial charge in [-0.1, -0.05) is 11.6 Å². The van der Waals surface area contributed by atoms with Crippen LogP contribution in [0.2, 0.25) is 5.02 Å². The van der Waals surface area contributed by atoms with Gasteiger partial charge >= 0.3 is 5.97 Å². The third-order valence-electron chi connectivity index (χ3n) is 1.66. The van der Waals surface area contributed by atoms with Crippen LogP contribution in [0.1, 0.15) is 17.7 Å². The molecule has 0 atom stereocenters. The van der Waals surface area contributed by atoms with Gasteiger partial charge in [0.2, 0.25) is 0 Å². The molecule has 0 saturated heterocycles. The van der Waals surface area contributed by atoms with Gasteiger partial charge in [0, 0.05) is 0 Å². The van der Waals surface area contributed by atoms with Crippen LogP contribution in [0.5, 0.6) is 0 Å². The van der Waals surface area contributed by atoms with E-state index in [0.29, 0.717) is 0 Å². The molecule has 4 nitrogen and oxygen atoms in total. The van der Waals surface area contributed by atoms with Gasteiger partial charge in [0.05, 0.1) is 11.4 Å². The quantitative estimate of drug-likeness (QED) is 0.840. The van der Waals surface area contributed by atoms with Crippen LogP contribution in [0.3, 0.4) is 0 Å². The predicted octanol–water partition coefficient (Wildman–Crippen LogP) is 1.88. The number of carbonyl (C=O) groups is 1. The van der Waals surface area contributed by atoms with Gasteiger partial charge in [0.15, 0.2) is 0 Å². The summed E-state index contributed by atoms with van der Waals surface area (Å²) < 4.78 is 24.9. The molecular weight excluding hydrogens is 230 g/mol. The molecule has 0 spiro atoms. The Morgan fingerprint density at radius 2 is 2.27 bits per heavy atom. The summed E-state index contributed by atoms with van der Waals surface area (Å²) in [6.07, 6.45) is -3.44. The number of nitrogens with zero attached hydrogens (tertiary/aromatic N) is 1. The summed E-state index contributed by atoms with van der Waals surface area (Å²) >= 11 is 5.55. The minimum absolute atomic E-state index is 0.0318. The number of hydrogen-bond acceptors (Lipinski definition) is 3. The third-order valence-corrected chi connectivity index (χ3v) is 1.97. The number of nitrogen functional groups attached to an aromatic ring is 1. The van der Waals surface area contributed by atoms with Gasteiger partial charge in [-0.05, 0) is 11.6 Å². The molecule has 0 saturated carbocycles. The van der Waals surface area contributed by atoms with Crippen molar-refractivity contribution in [2.75, 3.05) is 5.73 Å². The Bertz CT molecular complexity index is 398. The molecule has 7 heteroatoms. The van der Waals surface area contributed by atoms with Gasteiger partial charge in [-0.25, -0.2) is 13.8 Å². The Balaban J connectivity index is 3.21. The number of anilines is 1. The second-order valence-electron chi connectivity index (χ2n) is 2.77. The highest BCUT2D eigenvalue weighted by molar-refractivity contribution is 6.32. The summed E-state index contributed by atoms with van der Waals surface area (Å²) in [7, 11) is 0. The van der Waals surface area contributed by atoms with Crippen molar-refractivity contribution in [1.29, 1.82) is 0 Å². The zero-order valence-corrected chi connectivity index (χ0v) is 8.13. The number of aromatic nitrogens is 1. The van der Waals surface area contributed by atoms with Crippen molar-refractivity contribution in [2.24, 2.45) is 0 Å². The fourth-order valence-corrected chi connectivity index (χ4v) is 1.22. The third kappa shape index (κ3) is 2.76. The molecule has 1 rings (SSSR count). The van der Waals surface area contributed by atoms with Gasteiger partial charge in [0.25, 0.3) is 6.43 Å². The van der Waals surface area contributed by atoms with Crippen molar-refractivity contribution in [3.8, 4) is 0 Å². The molecule has 82 valence electrons. The first-order valence-corrected chi connectivity index (χ1v) is 4.24. The van der Waals surface area contributed by atoms with E-state index in [-0.39, 0.29) is 16.4 Å². The van der Waals surface area contributed by atoms with Crippen molar-refractivity contribution in [3.05, 3.63) is 22.3 Å². The summed E-state index contributed by atoms with van der Waals surface area (Å²) in [6.45, 7) is 0. The smallest absolute Gasteiger partial charge is 0.307 e. The van der Waals surface area contributed by atoms with E-state index in [4.69, 9.17) is 22.4 Å². The highest BCUT2D eigenvalue weighted by atomic mass is 35.5. The van der Waals surface area contributed by atoms with Crippen LogP contribution in [0.4, 0.5) is 14.6 Å². The summed E-state index contributed by atoms with van der Waals surface area (Å²) in [6, 6.07) is 1.10. The molecule has 1 aromatic heterocycles. The van der Waals surface area contributed by atoms with Crippen LogP contribution in [-0.2, 0) is 11.2 Å². The van der Waals surface area contributed by atoms with E-state index in [9.17, 15) is 13.6 Å². The van der Waals surface area contributed by atoms with Gasteiger partial charge in [-0.2, -0.15) is 0 Å². The van der Waals surface area contributed by atoms with E-state index in [0.717, 1.165) is 6.07 Å². The lowest BCUT2D eigenvalue weighted by atomic mass is 10.1. The van der Waals surface area contributed by atoms with Gasteiger partial charge in [-0.15, -0.1) is 0 Å². The van der Waals surface area contributed by atoms with E-state index >= 15 is 0 Å². The number of aliphatic carboxylic acids is 1. The molecular formula is C8H7ClF2N2O2. The lowest BCUT2D eigenvalue weighted by molar-refractivity contribution is -0.136. The fourth-order valence-electron chi connectivity index (χ4n) is 1.05. The lowest BCUT2D eigenvalue weighted by Gasteiger charge is -2.08. The monoisotopic (exact) mass is 236 g/mol. The minimum atomic E-state index is -2.88. The average Bonchev–Trinajstić information content (AvgIpc) is 2.09. The van der Waals surface area contributed by atoms with Crippen molar-refractivity contribution < 1.29 is 18.7 Å². The Hall–Kier alpha value is -1.43. The number of hydrogen-bond donors (Lipinski definition) is 2. The number of carboxylic acids is 1. The first kappa shape index (κ1) is 11.6. The van der Waals surface area contributed by atoms with Gasteiger partial charge < -0.3 is 10.8 Å². The normalized spacial score (nSPS) is 10.7. The zero-order valence-electron chi connectivity index (χ0n) is 7.38. The number of alkyl halides is 2. The molecule has 0 aliphatic heterocycles. The first-order chi connectivity index (χ1) is 6.91. The maximum absolute atomic E-state index is 12.4. The molecule has 0 aliphatic rings. The van der Waals surface area contributed by atoms with E-state index in [1.165, 1.54) is 0 Å². The molecule has 0 radical (unpaired) electrons.